The molecule has 0 aromatic heterocycles. The SMILES string of the molecule is CN1CCCC1CNCc1ccc(/C(N)=N/O)cc1. The Morgan fingerprint density at radius 2 is 2.21 bits per heavy atom. The molecule has 0 saturated carbocycles. The molecule has 19 heavy (non-hydrogen) atoms. The fourth-order valence-corrected chi connectivity index (χ4v) is 2.47. The second-order valence-corrected chi connectivity index (χ2v) is 5.09. The quantitative estimate of drug-likeness (QED) is 0.320. The maximum Gasteiger partial charge on any atom is 0.170 e. The van der Waals surface area contributed by atoms with Crippen LogP contribution in [0.15, 0.2) is 29.4 Å². The third kappa shape index (κ3) is 3.68. The Kier molecular flexibility index (Phi) is 4.76. The van der Waals surface area contributed by atoms with Crippen LogP contribution in [0.25, 0.3) is 0 Å². The minimum absolute atomic E-state index is 0.145. The number of hydrogen-bond acceptors (Lipinski definition) is 4. The molecule has 1 aromatic rings. The standard InChI is InChI=1S/C14H22N4O/c1-18-8-2-3-13(18)10-16-9-11-4-6-12(7-5-11)14(15)17-19/h4-7,13,16,19H,2-3,8-10H2,1H3,(H2,15,17). The van der Waals surface area contributed by atoms with Crippen molar-refractivity contribution in [3.63, 3.8) is 0 Å². The molecular formula is C14H22N4O. The van der Waals surface area contributed by atoms with Crippen LogP contribution in [-0.2, 0) is 6.54 Å². The lowest BCUT2D eigenvalue weighted by molar-refractivity contribution is 0.300. The summed E-state index contributed by atoms with van der Waals surface area (Å²) in [5, 5.41) is 15.1. The van der Waals surface area contributed by atoms with E-state index in [4.69, 9.17) is 10.9 Å². The molecule has 1 atom stereocenters. The Balaban J connectivity index is 1.80. The van der Waals surface area contributed by atoms with Crippen LogP contribution in [0.1, 0.15) is 24.0 Å². The molecule has 104 valence electrons. The minimum Gasteiger partial charge on any atom is -0.409 e. The molecule has 1 aromatic carbocycles. The lowest BCUT2D eigenvalue weighted by atomic mass is 10.1. The summed E-state index contributed by atoms with van der Waals surface area (Å²) in [7, 11) is 2.19. The van der Waals surface area contributed by atoms with Crippen molar-refractivity contribution in [2.75, 3.05) is 20.1 Å². The maximum absolute atomic E-state index is 8.59. The van der Waals surface area contributed by atoms with Crippen molar-refractivity contribution >= 4 is 5.84 Å². The zero-order valence-corrected chi connectivity index (χ0v) is 11.3. The van der Waals surface area contributed by atoms with Gasteiger partial charge in [-0.2, -0.15) is 0 Å². The van der Waals surface area contributed by atoms with E-state index in [9.17, 15) is 0 Å². The average Bonchev–Trinajstić information content (AvgIpc) is 2.84. The van der Waals surface area contributed by atoms with Crippen molar-refractivity contribution in [3.05, 3.63) is 35.4 Å². The van der Waals surface area contributed by atoms with E-state index in [0.29, 0.717) is 6.04 Å². The van der Waals surface area contributed by atoms with E-state index in [-0.39, 0.29) is 5.84 Å². The zero-order chi connectivity index (χ0) is 13.7. The van der Waals surface area contributed by atoms with Crippen LogP contribution in [-0.4, -0.2) is 42.1 Å². The van der Waals surface area contributed by atoms with Gasteiger partial charge in [-0.3, -0.25) is 0 Å². The number of nitrogens with zero attached hydrogens (tertiary/aromatic N) is 2. The molecule has 1 fully saturated rings. The van der Waals surface area contributed by atoms with Crippen molar-refractivity contribution in [1.82, 2.24) is 10.2 Å². The minimum atomic E-state index is 0.145. The summed E-state index contributed by atoms with van der Waals surface area (Å²) in [6.07, 6.45) is 2.59. The van der Waals surface area contributed by atoms with Crippen LogP contribution >= 0.6 is 0 Å². The fraction of sp³-hybridized carbons (Fsp3) is 0.500. The van der Waals surface area contributed by atoms with Gasteiger partial charge in [-0.15, -0.1) is 0 Å². The summed E-state index contributed by atoms with van der Waals surface area (Å²) in [5.41, 5.74) is 7.46. The van der Waals surface area contributed by atoms with Crippen molar-refractivity contribution in [1.29, 1.82) is 0 Å². The van der Waals surface area contributed by atoms with Gasteiger partial charge in [0, 0.05) is 24.7 Å². The Bertz CT molecular complexity index is 430. The molecule has 0 aliphatic carbocycles. The van der Waals surface area contributed by atoms with Gasteiger partial charge in [-0.25, -0.2) is 0 Å². The van der Waals surface area contributed by atoms with Gasteiger partial charge in [0.1, 0.15) is 0 Å². The molecule has 2 rings (SSSR count). The van der Waals surface area contributed by atoms with E-state index < -0.39 is 0 Å². The largest absolute Gasteiger partial charge is 0.409 e. The molecule has 0 spiro atoms. The monoisotopic (exact) mass is 262 g/mol. The summed E-state index contributed by atoms with van der Waals surface area (Å²) in [5.74, 6) is 0.145. The maximum atomic E-state index is 8.59. The predicted molar refractivity (Wildman–Crippen MR) is 76.3 cm³/mol. The lowest BCUT2D eigenvalue weighted by Gasteiger charge is -2.19. The fourth-order valence-electron chi connectivity index (χ4n) is 2.47. The Labute approximate surface area is 114 Å². The Morgan fingerprint density at radius 1 is 1.47 bits per heavy atom. The van der Waals surface area contributed by atoms with Gasteiger partial charge in [0.05, 0.1) is 0 Å². The summed E-state index contributed by atoms with van der Waals surface area (Å²) in [6, 6.07) is 8.40. The van der Waals surface area contributed by atoms with E-state index in [1.54, 1.807) is 0 Å². The molecule has 1 aliphatic heterocycles. The highest BCUT2D eigenvalue weighted by molar-refractivity contribution is 5.96. The van der Waals surface area contributed by atoms with E-state index >= 15 is 0 Å². The third-order valence-corrected chi connectivity index (χ3v) is 3.74. The Morgan fingerprint density at radius 3 is 2.79 bits per heavy atom. The van der Waals surface area contributed by atoms with Crippen LogP contribution in [0.4, 0.5) is 0 Å². The van der Waals surface area contributed by atoms with E-state index in [2.05, 4.69) is 22.4 Å². The van der Waals surface area contributed by atoms with Crippen molar-refractivity contribution in [3.8, 4) is 0 Å². The smallest absolute Gasteiger partial charge is 0.170 e. The number of oxime groups is 1. The second-order valence-electron chi connectivity index (χ2n) is 5.09. The second kappa shape index (κ2) is 6.54. The number of rotatable bonds is 5. The first-order chi connectivity index (χ1) is 9.20. The number of nitrogens with one attached hydrogen (secondary N) is 1. The van der Waals surface area contributed by atoms with Crippen LogP contribution in [0.5, 0.6) is 0 Å². The first-order valence-electron chi connectivity index (χ1n) is 6.68. The van der Waals surface area contributed by atoms with Crippen molar-refractivity contribution < 1.29 is 5.21 Å². The summed E-state index contributed by atoms with van der Waals surface area (Å²) in [4.78, 5) is 2.41. The van der Waals surface area contributed by atoms with Crippen LogP contribution in [0.2, 0.25) is 0 Å². The number of amidine groups is 1. The number of likely N-dealkylation sites (N-methyl/N-ethyl adjacent to an activating group) is 1. The van der Waals surface area contributed by atoms with Crippen LogP contribution in [0, 0.1) is 0 Å². The molecule has 4 N–H and O–H groups in total. The molecule has 1 aliphatic rings. The average molecular weight is 262 g/mol. The molecule has 1 unspecified atom stereocenters. The third-order valence-electron chi connectivity index (χ3n) is 3.74. The summed E-state index contributed by atoms with van der Waals surface area (Å²) in [6.45, 7) is 3.08. The lowest BCUT2D eigenvalue weighted by Crippen LogP contribution is -2.35. The number of hydrogen-bond donors (Lipinski definition) is 3. The van der Waals surface area contributed by atoms with Gasteiger partial charge in [0.25, 0.3) is 0 Å². The molecule has 0 radical (unpaired) electrons. The molecule has 5 nitrogen and oxygen atoms in total. The van der Waals surface area contributed by atoms with Gasteiger partial charge in [0.15, 0.2) is 5.84 Å². The van der Waals surface area contributed by atoms with E-state index in [1.165, 1.54) is 24.9 Å². The van der Waals surface area contributed by atoms with Crippen LogP contribution < -0.4 is 11.1 Å². The Hall–Kier alpha value is -1.59. The highest BCUT2D eigenvalue weighted by Crippen LogP contribution is 2.13. The highest BCUT2D eigenvalue weighted by Gasteiger charge is 2.19. The molecule has 0 bridgehead atoms. The highest BCUT2D eigenvalue weighted by atomic mass is 16.4. The van der Waals surface area contributed by atoms with Gasteiger partial charge in [-0.1, -0.05) is 29.4 Å². The molecule has 1 saturated heterocycles. The zero-order valence-electron chi connectivity index (χ0n) is 11.3. The number of nitrogens with two attached hydrogens (primary N) is 1. The molecule has 0 amide bonds. The van der Waals surface area contributed by atoms with Crippen molar-refractivity contribution in [2.45, 2.75) is 25.4 Å². The normalized spacial score (nSPS) is 20.9. The molecular weight excluding hydrogens is 240 g/mol. The first-order valence-corrected chi connectivity index (χ1v) is 6.68. The molecule has 5 heteroatoms. The topological polar surface area (TPSA) is 73.9 Å². The molecule has 1 heterocycles. The van der Waals surface area contributed by atoms with Gasteiger partial charge < -0.3 is 21.2 Å². The van der Waals surface area contributed by atoms with Gasteiger partial charge in [-0.05, 0) is 32.0 Å². The number of benzene rings is 1. The van der Waals surface area contributed by atoms with E-state index in [1.807, 2.05) is 24.3 Å². The van der Waals surface area contributed by atoms with Gasteiger partial charge in [0.2, 0.25) is 0 Å². The summed E-state index contributed by atoms with van der Waals surface area (Å²) >= 11 is 0. The summed E-state index contributed by atoms with van der Waals surface area (Å²) < 4.78 is 0. The predicted octanol–water partition coefficient (Wildman–Crippen LogP) is 0.965. The number of likely N-dealkylation sites (tertiary alicyclic amines) is 1. The van der Waals surface area contributed by atoms with Crippen LogP contribution in [0.3, 0.4) is 0 Å². The van der Waals surface area contributed by atoms with Crippen molar-refractivity contribution in [2.24, 2.45) is 10.9 Å². The van der Waals surface area contributed by atoms with E-state index in [0.717, 1.165) is 18.7 Å². The van der Waals surface area contributed by atoms with Gasteiger partial charge >= 0.3 is 0 Å². The first kappa shape index (κ1) is 13.8.